The van der Waals surface area contributed by atoms with Crippen LogP contribution in [0.2, 0.25) is 77.1 Å². The lowest BCUT2D eigenvalue weighted by molar-refractivity contribution is -0.147. The Balaban J connectivity index is 5.17. The lowest BCUT2D eigenvalue weighted by atomic mass is 10.1. The van der Waals surface area contributed by atoms with Crippen LogP contribution >= 0.6 is 0 Å². The second kappa shape index (κ2) is 22.9. The van der Waals surface area contributed by atoms with Crippen molar-refractivity contribution in [3.8, 4) is 0 Å². The number of esters is 2. The molecule has 0 heterocycles. The summed E-state index contributed by atoms with van der Waals surface area (Å²) >= 11 is 0. The van der Waals surface area contributed by atoms with Crippen LogP contribution in [0.25, 0.3) is 0 Å². The number of unbranched alkanes of at least 4 members (excludes halogenated alkanes) is 1. The average Bonchev–Trinajstić information content (AvgIpc) is 2.96. The average molecular weight is 762 g/mol. The molecule has 0 aliphatic carbocycles. The van der Waals surface area contributed by atoms with Gasteiger partial charge in [-0.15, -0.1) is 0 Å². The maximum Gasteiger partial charge on any atom is 0.407 e. The van der Waals surface area contributed by atoms with Gasteiger partial charge in [0.25, 0.3) is 0 Å². The van der Waals surface area contributed by atoms with Crippen molar-refractivity contribution < 1.29 is 43.0 Å². The summed E-state index contributed by atoms with van der Waals surface area (Å²) in [6, 6.07) is -1.47. The molecule has 0 aromatic rings. The van der Waals surface area contributed by atoms with Gasteiger partial charge in [-0.05, 0) is 57.7 Å². The summed E-state index contributed by atoms with van der Waals surface area (Å²) in [5, 5.41) is 10.6. The van der Waals surface area contributed by atoms with Crippen molar-refractivity contribution in [1.29, 1.82) is 0 Å². The van der Waals surface area contributed by atoms with Crippen LogP contribution in [0, 0.1) is 0 Å². The number of nitrogens with one attached hydrogen (secondary N) is 4. The number of amides is 4. The standard InChI is InChI=1S/C33H67N5O9Si3/c1-24(29(40)37-25(2)31(42)45-18-21-48(3,4)5)36-30(41)27(14-12-13-17-35-33(44)47-20-23-50(9,10)11)38-28(39)16-15-26(34)32(43)46-19-22-49(6,7)8/h24-27H,12-23,34H2,1-11H3,(H,35,44)(H,36,41)(H,37,40)(H,38,39)/t24-,25-,26-,27+/m1/s1. The molecular formula is C33H67N5O9Si3. The van der Waals surface area contributed by atoms with Crippen LogP contribution in [-0.2, 0) is 38.2 Å². The minimum absolute atomic E-state index is 0.0282. The Morgan fingerprint density at radius 3 is 1.60 bits per heavy atom. The Hall–Kier alpha value is -2.77. The molecule has 4 atom stereocenters. The molecule has 14 nitrogen and oxygen atoms in total. The number of ether oxygens (including phenoxy) is 3. The molecule has 0 fully saturated rings. The molecule has 0 aromatic carbocycles. The number of hydrogen-bond acceptors (Lipinski definition) is 10. The smallest absolute Gasteiger partial charge is 0.407 e. The third-order valence-corrected chi connectivity index (χ3v) is 12.7. The van der Waals surface area contributed by atoms with E-state index < -0.39 is 84.1 Å². The Kier molecular flexibility index (Phi) is 21.7. The zero-order valence-electron chi connectivity index (χ0n) is 32.5. The summed E-state index contributed by atoms with van der Waals surface area (Å²) < 4.78 is 15.8. The minimum atomic E-state index is -1.40. The number of nitrogens with two attached hydrogens (primary N) is 1. The number of alkyl carbamates (subject to hydrolysis) is 1. The monoisotopic (exact) mass is 761 g/mol. The van der Waals surface area contributed by atoms with Crippen molar-refractivity contribution >= 4 is 60.0 Å². The normalized spacial score (nSPS) is 14.3. The fraction of sp³-hybridized carbons (Fsp3) is 0.818. The molecule has 0 aromatic heterocycles. The second-order valence-electron chi connectivity index (χ2n) is 16.6. The van der Waals surface area contributed by atoms with Crippen molar-refractivity contribution in [2.24, 2.45) is 5.73 Å². The Labute approximate surface area is 302 Å². The Bertz CT molecular complexity index is 1110. The summed E-state index contributed by atoms with van der Waals surface area (Å²) in [5.41, 5.74) is 5.96. The van der Waals surface area contributed by atoms with E-state index in [2.05, 4.69) is 80.2 Å². The van der Waals surface area contributed by atoms with Gasteiger partial charge in [-0.3, -0.25) is 19.2 Å². The zero-order valence-corrected chi connectivity index (χ0v) is 35.5. The van der Waals surface area contributed by atoms with E-state index >= 15 is 0 Å². The third-order valence-electron chi connectivity index (χ3n) is 7.57. The molecule has 6 N–H and O–H groups in total. The van der Waals surface area contributed by atoms with E-state index in [0.717, 1.165) is 18.1 Å². The quantitative estimate of drug-likeness (QED) is 0.0419. The van der Waals surface area contributed by atoms with Gasteiger partial charge < -0.3 is 41.2 Å². The molecule has 0 unspecified atom stereocenters. The highest BCUT2D eigenvalue weighted by molar-refractivity contribution is 6.76. The molecule has 0 rings (SSSR count). The van der Waals surface area contributed by atoms with Crippen LogP contribution in [0.15, 0.2) is 0 Å². The van der Waals surface area contributed by atoms with Crippen molar-refractivity contribution in [3.63, 3.8) is 0 Å². The summed E-state index contributed by atoms with van der Waals surface area (Å²) in [6.45, 7) is 23.8. The highest BCUT2D eigenvalue weighted by Crippen LogP contribution is 2.11. The summed E-state index contributed by atoms with van der Waals surface area (Å²) in [7, 11) is -4.12. The highest BCUT2D eigenvalue weighted by Gasteiger charge is 2.27. The molecule has 0 aliphatic rings. The van der Waals surface area contributed by atoms with E-state index in [1.54, 1.807) is 0 Å². The maximum absolute atomic E-state index is 13.3. The van der Waals surface area contributed by atoms with Crippen LogP contribution < -0.4 is 27.0 Å². The maximum atomic E-state index is 13.3. The number of rotatable bonds is 24. The van der Waals surface area contributed by atoms with Gasteiger partial charge in [-0.2, -0.15) is 0 Å². The number of hydrogen-bond donors (Lipinski definition) is 5. The number of carbonyl (C=O) groups excluding carboxylic acids is 6. The molecule has 0 radical (unpaired) electrons. The van der Waals surface area contributed by atoms with Gasteiger partial charge in [0.2, 0.25) is 17.7 Å². The molecular weight excluding hydrogens is 695 g/mol. The van der Waals surface area contributed by atoms with Gasteiger partial charge >= 0.3 is 18.0 Å². The van der Waals surface area contributed by atoms with Crippen LogP contribution in [0.4, 0.5) is 4.79 Å². The van der Waals surface area contributed by atoms with Crippen molar-refractivity contribution in [1.82, 2.24) is 21.3 Å². The molecule has 17 heteroatoms. The Morgan fingerprint density at radius 2 is 1.08 bits per heavy atom. The van der Waals surface area contributed by atoms with Crippen molar-refractivity contribution in [2.75, 3.05) is 26.4 Å². The molecule has 0 aliphatic heterocycles. The molecule has 290 valence electrons. The lowest BCUT2D eigenvalue weighted by Gasteiger charge is -2.23. The van der Waals surface area contributed by atoms with E-state index in [-0.39, 0.29) is 32.5 Å². The molecule has 0 saturated carbocycles. The van der Waals surface area contributed by atoms with Crippen molar-refractivity contribution in [3.05, 3.63) is 0 Å². The molecule has 0 bridgehead atoms. The van der Waals surface area contributed by atoms with Gasteiger partial charge in [0.05, 0.1) is 19.8 Å². The fourth-order valence-corrected chi connectivity index (χ4v) is 6.17. The topological polar surface area (TPSA) is 204 Å². The summed E-state index contributed by atoms with van der Waals surface area (Å²) in [5.74, 6) is -2.82. The number of carbonyl (C=O) groups is 6. The van der Waals surface area contributed by atoms with Gasteiger partial charge in [0.15, 0.2) is 0 Å². The fourth-order valence-electron chi connectivity index (χ4n) is 4.03. The largest absolute Gasteiger partial charge is 0.465 e. The van der Waals surface area contributed by atoms with E-state index in [1.165, 1.54) is 13.8 Å². The lowest BCUT2D eigenvalue weighted by Crippen LogP contribution is -2.54. The highest BCUT2D eigenvalue weighted by atomic mass is 28.3. The third kappa shape index (κ3) is 25.2. The van der Waals surface area contributed by atoms with Crippen LogP contribution in [-0.4, -0.2) is 111 Å². The van der Waals surface area contributed by atoms with Crippen LogP contribution in [0.5, 0.6) is 0 Å². The van der Waals surface area contributed by atoms with Crippen LogP contribution in [0.3, 0.4) is 0 Å². The predicted octanol–water partition coefficient (Wildman–Crippen LogP) is 3.59. The molecule has 0 saturated heterocycles. The van der Waals surface area contributed by atoms with E-state index in [4.69, 9.17) is 19.9 Å². The minimum Gasteiger partial charge on any atom is -0.465 e. The first-order chi connectivity index (χ1) is 22.9. The van der Waals surface area contributed by atoms with Gasteiger partial charge in [0, 0.05) is 37.2 Å². The predicted molar refractivity (Wildman–Crippen MR) is 204 cm³/mol. The van der Waals surface area contributed by atoms with Gasteiger partial charge in [-0.1, -0.05) is 58.9 Å². The molecule has 4 amide bonds. The Morgan fingerprint density at radius 1 is 0.600 bits per heavy atom. The SMILES string of the molecule is C[C@@H](NC(=O)[C@H](CCCCNC(=O)OCC[Si](C)(C)C)NC(=O)CC[C@@H](N)C(=O)OCC[Si](C)(C)C)C(=O)N[C@H](C)C(=O)OCC[Si](C)(C)C. The summed E-state index contributed by atoms with van der Waals surface area (Å²) in [4.78, 5) is 75.6. The van der Waals surface area contributed by atoms with E-state index in [9.17, 15) is 28.8 Å². The first-order valence-electron chi connectivity index (χ1n) is 17.8. The summed E-state index contributed by atoms with van der Waals surface area (Å²) in [6.07, 6.45) is 0.576. The second-order valence-corrected chi connectivity index (χ2v) is 33.4. The van der Waals surface area contributed by atoms with E-state index in [0.29, 0.717) is 26.0 Å². The van der Waals surface area contributed by atoms with Gasteiger partial charge in [-0.25, -0.2) is 9.59 Å². The van der Waals surface area contributed by atoms with E-state index in [1.807, 2.05) is 0 Å². The van der Waals surface area contributed by atoms with Gasteiger partial charge in [0.1, 0.15) is 24.2 Å². The van der Waals surface area contributed by atoms with Crippen molar-refractivity contribution in [2.45, 2.75) is 147 Å². The molecule has 0 spiro atoms. The molecule has 50 heavy (non-hydrogen) atoms. The first kappa shape index (κ1) is 47.2. The first-order valence-corrected chi connectivity index (χ1v) is 28.9. The van der Waals surface area contributed by atoms with Crippen LogP contribution in [0.1, 0.15) is 46.0 Å². The zero-order chi connectivity index (χ0) is 38.7.